The van der Waals surface area contributed by atoms with Crippen molar-refractivity contribution < 1.29 is 13.2 Å². The molecule has 0 aliphatic rings. The summed E-state index contributed by atoms with van der Waals surface area (Å²) in [5.74, 6) is 0. The SMILES string of the molecule is Cc1ccc(C(N)CNCCCC(F)(F)F)cc1. The Labute approximate surface area is 105 Å². The molecule has 0 aliphatic heterocycles. The highest BCUT2D eigenvalue weighted by molar-refractivity contribution is 5.23. The average Bonchev–Trinajstić information content (AvgIpc) is 2.27. The van der Waals surface area contributed by atoms with Crippen LogP contribution in [0.3, 0.4) is 0 Å². The monoisotopic (exact) mass is 260 g/mol. The normalized spacial score (nSPS) is 13.6. The summed E-state index contributed by atoms with van der Waals surface area (Å²) in [4.78, 5) is 0. The zero-order chi connectivity index (χ0) is 13.6. The van der Waals surface area contributed by atoms with Crippen LogP contribution in [-0.4, -0.2) is 19.3 Å². The van der Waals surface area contributed by atoms with E-state index in [2.05, 4.69) is 5.32 Å². The number of benzene rings is 1. The van der Waals surface area contributed by atoms with Gasteiger partial charge in [0.15, 0.2) is 0 Å². The number of hydrogen-bond donors (Lipinski definition) is 2. The van der Waals surface area contributed by atoms with Crippen molar-refractivity contribution in [1.82, 2.24) is 5.32 Å². The van der Waals surface area contributed by atoms with Gasteiger partial charge in [-0.1, -0.05) is 29.8 Å². The van der Waals surface area contributed by atoms with Crippen molar-refractivity contribution in [2.24, 2.45) is 5.73 Å². The minimum atomic E-state index is -4.07. The first kappa shape index (κ1) is 15.0. The summed E-state index contributed by atoms with van der Waals surface area (Å²) in [6, 6.07) is 7.64. The van der Waals surface area contributed by atoms with Crippen molar-refractivity contribution in [3.05, 3.63) is 35.4 Å². The molecule has 18 heavy (non-hydrogen) atoms. The molecule has 0 bridgehead atoms. The second-order valence-electron chi connectivity index (χ2n) is 4.44. The van der Waals surface area contributed by atoms with E-state index in [9.17, 15) is 13.2 Å². The van der Waals surface area contributed by atoms with Gasteiger partial charge >= 0.3 is 6.18 Å². The Balaban J connectivity index is 2.21. The lowest BCUT2D eigenvalue weighted by Crippen LogP contribution is -2.28. The van der Waals surface area contributed by atoms with Crippen molar-refractivity contribution in [2.45, 2.75) is 32.0 Å². The van der Waals surface area contributed by atoms with Crippen LogP contribution in [0.4, 0.5) is 13.2 Å². The standard InChI is InChI=1S/C13H19F3N2/c1-10-3-5-11(6-4-10)12(17)9-18-8-2-7-13(14,15)16/h3-6,12,18H,2,7-9,17H2,1H3. The van der Waals surface area contributed by atoms with E-state index in [1.807, 2.05) is 31.2 Å². The third-order valence-electron chi connectivity index (χ3n) is 2.68. The highest BCUT2D eigenvalue weighted by atomic mass is 19.4. The lowest BCUT2D eigenvalue weighted by molar-refractivity contribution is -0.135. The summed E-state index contributed by atoms with van der Waals surface area (Å²) < 4.78 is 35.7. The molecule has 0 amide bonds. The molecular weight excluding hydrogens is 241 g/mol. The molecule has 3 N–H and O–H groups in total. The fourth-order valence-electron chi connectivity index (χ4n) is 1.60. The van der Waals surface area contributed by atoms with Gasteiger partial charge in [0, 0.05) is 19.0 Å². The third-order valence-corrected chi connectivity index (χ3v) is 2.68. The fourth-order valence-corrected chi connectivity index (χ4v) is 1.60. The molecule has 5 heteroatoms. The Morgan fingerprint density at radius 2 is 1.83 bits per heavy atom. The maximum absolute atomic E-state index is 11.9. The second kappa shape index (κ2) is 6.75. The van der Waals surface area contributed by atoms with E-state index in [1.165, 1.54) is 0 Å². The van der Waals surface area contributed by atoms with Gasteiger partial charge in [-0.05, 0) is 25.5 Å². The van der Waals surface area contributed by atoms with E-state index < -0.39 is 12.6 Å². The summed E-state index contributed by atoms with van der Waals surface area (Å²) in [5, 5.41) is 2.95. The van der Waals surface area contributed by atoms with Crippen LogP contribution in [0.5, 0.6) is 0 Å². The lowest BCUT2D eigenvalue weighted by Gasteiger charge is -2.13. The molecule has 0 aliphatic carbocycles. The van der Waals surface area contributed by atoms with Crippen LogP contribution in [-0.2, 0) is 0 Å². The smallest absolute Gasteiger partial charge is 0.323 e. The van der Waals surface area contributed by atoms with E-state index in [0.29, 0.717) is 13.1 Å². The predicted octanol–water partition coefficient (Wildman–Crippen LogP) is 2.93. The first-order valence-corrected chi connectivity index (χ1v) is 5.98. The largest absolute Gasteiger partial charge is 0.389 e. The number of rotatable bonds is 6. The van der Waals surface area contributed by atoms with Crippen molar-refractivity contribution in [3.63, 3.8) is 0 Å². The summed E-state index contributed by atoms with van der Waals surface area (Å²) in [7, 11) is 0. The Kier molecular flexibility index (Phi) is 5.62. The van der Waals surface area contributed by atoms with Crippen LogP contribution in [0, 0.1) is 6.92 Å². The minimum Gasteiger partial charge on any atom is -0.323 e. The van der Waals surface area contributed by atoms with E-state index in [4.69, 9.17) is 5.73 Å². The van der Waals surface area contributed by atoms with Crippen molar-refractivity contribution in [1.29, 1.82) is 0 Å². The van der Waals surface area contributed by atoms with E-state index in [1.54, 1.807) is 0 Å². The van der Waals surface area contributed by atoms with Gasteiger partial charge < -0.3 is 11.1 Å². The van der Waals surface area contributed by atoms with Crippen LogP contribution < -0.4 is 11.1 Å². The Hall–Kier alpha value is -1.07. The zero-order valence-electron chi connectivity index (χ0n) is 10.4. The van der Waals surface area contributed by atoms with Gasteiger partial charge in [-0.3, -0.25) is 0 Å². The topological polar surface area (TPSA) is 38.0 Å². The van der Waals surface area contributed by atoms with Crippen molar-refractivity contribution >= 4 is 0 Å². The molecule has 1 rings (SSSR count). The zero-order valence-corrected chi connectivity index (χ0v) is 10.4. The highest BCUT2D eigenvalue weighted by Crippen LogP contribution is 2.20. The van der Waals surface area contributed by atoms with Gasteiger partial charge in [-0.2, -0.15) is 13.2 Å². The molecule has 0 saturated heterocycles. The maximum atomic E-state index is 11.9. The number of aryl methyl sites for hydroxylation is 1. The first-order chi connectivity index (χ1) is 8.38. The molecule has 102 valence electrons. The van der Waals surface area contributed by atoms with Crippen LogP contribution >= 0.6 is 0 Å². The van der Waals surface area contributed by atoms with Gasteiger partial charge in [0.1, 0.15) is 0 Å². The Morgan fingerprint density at radius 1 is 1.22 bits per heavy atom. The van der Waals surface area contributed by atoms with E-state index in [-0.39, 0.29) is 12.5 Å². The average molecular weight is 260 g/mol. The number of hydrogen-bond acceptors (Lipinski definition) is 2. The summed E-state index contributed by atoms with van der Waals surface area (Å²) in [5.41, 5.74) is 8.07. The number of alkyl halides is 3. The number of nitrogens with two attached hydrogens (primary N) is 1. The summed E-state index contributed by atoms with van der Waals surface area (Å²) >= 11 is 0. The first-order valence-electron chi connectivity index (χ1n) is 5.98. The van der Waals surface area contributed by atoms with Gasteiger partial charge in [-0.25, -0.2) is 0 Å². The van der Waals surface area contributed by atoms with Gasteiger partial charge in [0.05, 0.1) is 0 Å². The van der Waals surface area contributed by atoms with Gasteiger partial charge in [0.25, 0.3) is 0 Å². The van der Waals surface area contributed by atoms with E-state index in [0.717, 1.165) is 11.1 Å². The second-order valence-corrected chi connectivity index (χ2v) is 4.44. The molecule has 1 unspecified atom stereocenters. The van der Waals surface area contributed by atoms with Gasteiger partial charge in [-0.15, -0.1) is 0 Å². The van der Waals surface area contributed by atoms with E-state index >= 15 is 0 Å². The van der Waals surface area contributed by atoms with Crippen LogP contribution in [0.15, 0.2) is 24.3 Å². The molecule has 0 spiro atoms. The maximum Gasteiger partial charge on any atom is 0.389 e. The molecular formula is C13H19F3N2. The Bertz CT molecular complexity index is 346. The molecule has 0 heterocycles. The van der Waals surface area contributed by atoms with Crippen LogP contribution in [0.25, 0.3) is 0 Å². The summed E-state index contributed by atoms with van der Waals surface area (Å²) in [6.45, 7) is 2.81. The molecule has 1 atom stereocenters. The molecule has 2 nitrogen and oxygen atoms in total. The van der Waals surface area contributed by atoms with Gasteiger partial charge in [0.2, 0.25) is 0 Å². The van der Waals surface area contributed by atoms with Crippen molar-refractivity contribution in [2.75, 3.05) is 13.1 Å². The third kappa shape index (κ3) is 6.02. The molecule has 0 fully saturated rings. The number of nitrogens with one attached hydrogen (secondary N) is 1. The quantitative estimate of drug-likeness (QED) is 0.772. The van der Waals surface area contributed by atoms with Crippen molar-refractivity contribution in [3.8, 4) is 0 Å². The lowest BCUT2D eigenvalue weighted by atomic mass is 10.1. The molecule has 0 aromatic heterocycles. The predicted molar refractivity (Wildman–Crippen MR) is 66.3 cm³/mol. The van der Waals surface area contributed by atoms with Crippen LogP contribution in [0.1, 0.15) is 30.0 Å². The minimum absolute atomic E-state index is 0.0874. The number of halogens is 3. The van der Waals surface area contributed by atoms with Crippen LogP contribution in [0.2, 0.25) is 0 Å². The summed E-state index contributed by atoms with van der Waals surface area (Å²) in [6.07, 6.45) is -4.73. The fraction of sp³-hybridized carbons (Fsp3) is 0.538. The highest BCUT2D eigenvalue weighted by Gasteiger charge is 2.25. The Morgan fingerprint density at radius 3 is 2.39 bits per heavy atom. The molecule has 1 aromatic carbocycles. The molecule has 0 radical (unpaired) electrons. The molecule has 1 aromatic rings. The molecule has 0 saturated carbocycles.